The van der Waals surface area contributed by atoms with Crippen LogP contribution in [0.4, 0.5) is 0 Å². The third-order valence-corrected chi connectivity index (χ3v) is 9.02. The van der Waals surface area contributed by atoms with E-state index in [1.807, 2.05) is 74.2 Å². The van der Waals surface area contributed by atoms with Gasteiger partial charge in [-0.25, -0.2) is 0 Å². The Hall–Kier alpha value is -2.97. The zero-order valence-corrected chi connectivity index (χ0v) is 24.4. The zero-order chi connectivity index (χ0) is 29.1. The Morgan fingerprint density at radius 2 is 1.70 bits per heavy atom. The smallest absolute Gasteiger partial charge is 0.313 e. The summed E-state index contributed by atoms with van der Waals surface area (Å²) in [7, 11) is 0. The molecule has 4 aliphatic rings. The molecule has 2 amide bonds. The average molecular weight is 551 g/mol. The highest BCUT2D eigenvalue weighted by Crippen LogP contribution is 2.59. The van der Waals surface area contributed by atoms with Crippen LogP contribution in [0.25, 0.3) is 0 Å². The van der Waals surface area contributed by atoms with Crippen molar-refractivity contribution in [2.45, 2.75) is 83.2 Å². The number of fused-ring (bicyclic) bond motifs is 2. The van der Waals surface area contributed by atoms with Gasteiger partial charge in [-0.2, -0.15) is 0 Å². The summed E-state index contributed by atoms with van der Waals surface area (Å²) in [5, 5.41) is 10.7. The molecule has 0 bridgehead atoms. The summed E-state index contributed by atoms with van der Waals surface area (Å²) in [5.41, 5.74) is -2.37. The number of aliphatic hydroxyl groups is 1. The maximum atomic E-state index is 14.8. The molecule has 0 saturated carbocycles. The molecule has 5 rings (SSSR count). The molecule has 0 radical (unpaired) electrons. The molecule has 1 aromatic carbocycles. The van der Waals surface area contributed by atoms with E-state index in [1.165, 1.54) is 4.90 Å². The lowest BCUT2D eigenvalue weighted by atomic mass is 9.73. The molecule has 4 heterocycles. The van der Waals surface area contributed by atoms with Gasteiger partial charge in [0.1, 0.15) is 29.8 Å². The Morgan fingerprint density at radius 3 is 2.33 bits per heavy atom. The Kier molecular flexibility index (Phi) is 7.02. The third-order valence-electron chi connectivity index (χ3n) is 9.02. The fourth-order valence-corrected chi connectivity index (χ4v) is 7.84. The van der Waals surface area contributed by atoms with E-state index in [0.717, 1.165) is 6.42 Å². The predicted octanol–water partition coefficient (Wildman–Crippen LogP) is 3.81. The van der Waals surface area contributed by atoms with E-state index in [4.69, 9.17) is 9.47 Å². The normalized spacial score (nSPS) is 32.8. The number of rotatable bonds is 6. The number of likely N-dealkylation sites (tertiary alicyclic amines) is 1. The van der Waals surface area contributed by atoms with Crippen molar-refractivity contribution in [3.05, 3.63) is 60.2 Å². The predicted molar refractivity (Wildman–Crippen MR) is 150 cm³/mol. The van der Waals surface area contributed by atoms with Gasteiger partial charge in [-0.1, -0.05) is 76.3 Å². The average Bonchev–Trinajstić information content (AvgIpc) is 3.15. The van der Waals surface area contributed by atoms with Gasteiger partial charge in [-0.15, -0.1) is 0 Å². The van der Waals surface area contributed by atoms with Crippen LogP contribution >= 0.6 is 0 Å². The lowest BCUT2D eigenvalue weighted by Crippen LogP contribution is -2.60. The van der Waals surface area contributed by atoms with Crippen LogP contribution in [0.5, 0.6) is 0 Å². The van der Waals surface area contributed by atoms with Crippen LogP contribution in [0.2, 0.25) is 0 Å². The summed E-state index contributed by atoms with van der Waals surface area (Å²) in [6, 6.07) is 7.37. The molecule has 1 aromatic rings. The Morgan fingerprint density at radius 1 is 1.00 bits per heavy atom. The first kappa shape index (κ1) is 28.6. The van der Waals surface area contributed by atoms with Crippen LogP contribution in [0.15, 0.2) is 54.6 Å². The molecule has 4 aliphatic heterocycles. The lowest BCUT2D eigenvalue weighted by molar-refractivity contribution is -0.163. The monoisotopic (exact) mass is 550 g/mol. The fraction of sp³-hybridized carbons (Fsp3) is 0.594. The van der Waals surface area contributed by atoms with Crippen LogP contribution in [0.1, 0.15) is 66.0 Å². The number of hydrogen-bond acceptors (Lipinski definition) is 6. The van der Waals surface area contributed by atoms with E-state index >= 15 is 0 Å². The minimum atomic E-state index is -1.40. The molecule has 1 unspecified atom stereocenters. The van der Waals surface area contributed by atoms with Crippen molar-refractivity contribution in [3.8, 4) is 0 Å². The molecule has 0 aliphatic carbocycles. The van der Waals surface area contributed by atoms with Crippen molar-refractivity contribution in [2.75, 3.05) is 19.8 Å². The first-order valence-corrected chi connectivity index (χ1v) is 14.3. The van der Waals surface area contributed by atoms with Gasteiger partial charge in [0, 0.05) is 12.1 Å². The van der Waals surface area contributed by atoms with Crippen molar-refractivity contribution in [3.63, 3.8) is 0 Å². The van der Waals surface area contributed by atoms with Crippen LogP contribution < -0.4 is 0 Å². The number of benzene rings is 1. The van der Waals surface area contributed by atoms with Gasteiger partial charge in [0.2, 0.25) is 11.8 Å². The van der Waals surface area contributed by atoms with Crippen LogP contribution in [-0.2, 0) is 23.9 Å². The minimum Gasteiger partial charge on any atom is -0.461 e. The first-order chi connectivity index (χ1) is 18.8. The summed E-state index contributed by atoms with van der Waals surface area (Å²) < 4.78 is 12.5. The Labute approximate surface area is 237 Å². The maximum Gasteiger partial charge on any atom is 0.313 e. The molecule has 0 aromatic heterocycles. The molecular weight excluding hydrogens is 508 g/mol. The van der Waals surface area contributed by atoms with Crippen LogP contribution in [-0.4, -0.2) is 75.2 Å². The van der Waals surface area contributed by atoms with Crippen molar-refractivity contribution < 1.29 is 29.0 Å². The Bertz CT molecular complexity index is 1230. The first-order valence-electron chi connectivity index (χ1n) is 14.3. The highest BCUT2D eigenvalue weighted by atomic mass is 16.6. The summed E-state index contributed by atoms with van der Waals surface area (Å²) in [4.78, 5) is 46.3. The van der Waals surface area contributed by atoms with E-state index < -0.39 is 46.6 Å². The summed E-state index contributed by atoms with van der Waals surface area (Å²) in [6.07, 6.45) is 8.53. The van der Waals surface area contributed by atoms with Gasteiger partial charge in [0.25, 0.3) is 0 Å². The quantitative estimate of drug-likeness (QED) is 0.428. The second-order valence-corrected chi connectivity index (χ2v) is 13.4. The molecular formula is C32H42N2O6. The topological polar surface area (TPSA) is 96.4 Å². The summed E-state index contributed by atoms with van der Waals surface area (Å²) in [6.45, 7) is 12.5. The largest absolute Gasteiger partial charge is 0.461 e. The van der Waals surface area contributed by atoms with Gasteiger partial charge >= 0.3 is 5.97 Å². The SMILES string of the molecule is CC[C@@]12C=CCOC(=O)[C@@H]1[C@H]1C(=O)N([C@H](CO)c3ccccc3)C3C(=O)N(C(C)(C)CC(C)(C)C)CC=C[C@@]31O2. The van der Waals surface area contributed by atoms with Gasteiger partial charge in [0.15, 0.2) is 0 Å². The maximum absolute atomic E-state index is 14.8. The molecule has 40 heavy (non-hydrogen) atoms. The minimum absolute atomic E-state index is 0.0548. The van der Waals surface area contributed by atoms with Crippen LogP contribution in [0, 0.1) is 17.3 Å². The van der Waals surface area contributed by atoms with Crippen molar-refractivity contribution in [1.29, 1.82) is 0 Å². The van der Waals surface area contributed by atoms with Crippen molar-refractivity contribution >= 4 is 17.8 Å². The molecule has 1 spiro atoms. The lowest BCUT2D eigenvalue weighted by Gasteiger charge is -2.46. The Balaban J connectivity index is 1.71. The molecule has 8 heteroatoms. The fourth-order valence-electron chi connectivity index (χ4n) is 7.84. The molecule has 216 valence electrons. The van der Waals surface area contributed by atoms with Crippen molar-refractivity contribution in [1.82, 2.24) is 9.80 Å². The summed E-state index contributed by atoms with van der Waals surface area (Å²) >= 11 is 0. The highest BCUT2D eigenvalue weighted by Gasteiger charge is 2.76. The number of cyclic esters (lactones) is 1. The molecule has 6 atom stereocenters. The third kappa shape index (κ3) is 4.31. The molecule has 1 N–H and O–H groups in total. The zero-order valence-electron chi connectivity index (χ0n) is 24.4. The number of carbonyl (C=O) groups is 3. The molecule has 8 nitrogen and oxygen atoms in total. The number of ether oxygens (including phenoxy) is 2. The van der Waals surface area contributed by atoms with Gasteiger partial charge < -0.3 is 24.4 Å². The highest BCUT2D eigenvalue weighted by molar-refractivity contribution is 6.00. The summed E-state index contributed by atoms with van der Waals surface area (Å²) in [5.74, 6) is -3.02. The standard InChI is InChI=1S/C32H42N2O6/c1-7-31-15-12-18-39-28(38)24(31)23-26(36)34(22(19-35)21-13-9-8-10-14-21)25-27(37)33(17-11-16-32(23,25)40-31)30(5,6)20-29(2,3)4/h8-16,22-25,35H,7,17-20H2,1-6H3/t22-,23+,24+,25?,31-,32+/m1/s1. The molecule has 2 fully saturated rings. The van der Waals surface area contributed by atoms with Crippen molar-refractivity contribution in [2.24, 2.45) is 17.3 Å². The number of hydrogen-bond donors (Lipinski definition) is 1. The van der Waals surface area contributed by atoms with E-state index in [2.05, 4.69) is 20.8 Å². The number of esters is 1. The van der Waals surface area contributed by atoms with E-state index in [0.29, 0.717) is 18.5 Å². The number of carbonyl (C=O) groups excluding carboxylic acids is 3. The van der Waals surface area contributed by atoms with E-state index in [-0.39, 0.29) is 30.4 Å². The number of aliphatic hydroxyl groups excluding tert-OH is 1. The number of nitrogens with zero attached hydrogens (tertiary/aromatic N) is 2. The van der Waals surface area contributed by atoms with Crippen LogP contribution in [0.3, 0.4) is 0 Å². The van der Waals surface area contributed by atoms with Gasteiger partial charge in [-0.3, -0.25) is 14.4 Å². The second kappa shape index (κ2) is 9.84. The van der Waals surface area contributed by atoms with Gasteiger partial charge in [0.05, 0.1) is 18.6 Å². The second-order valence-electron chi connectivity index (χ2n) is 13.4. The number of amides is 2. The van der Waals surface area contributed by atoms with E-state index in [9.17, 15) is 19.5 Å². The van der Waals surface area contributed by atoms with Gasteiger partial charge in [-0.05, 0) is 43.7 Å². The van der Waals surface area contributed by atoms with E-state index in [1.54, 1.807) is 6.08 Å². The molecule has 2 saturated heterocycles.